The van der Waals surface area contributed by atoms with Crippen molar-refractivity contribution >= 4 is 35.1 Å². The lowest BCUT2D eigenvalue weighted by Crippen LogP contribution is -2.30. The maximum atomic E-state index is 8.37. The summed E-state index contributed by atoms with van der Waals surface area (Å²) in [5, 5.41) is 9.02. The van der Waals surface area contributed by atoms with Gasteiger partial charge in [0.1, 0.15) is 0 Å². The van der Waals surface area contributed by atoms with E-state index in [1.54, 1.807) is 6.08 Å². The maximum absolute atomic E-state index is 8.37. The topological polar surface area (TPSA) is 44.7 Å². The van der Waals surface area contributed by atoms with E-state index in [0.717, 1.165) is 30.1 Å². The molecule has 0 saturated heterocycles. The third kappa shape index (κ3) is 18.3. The number of ether oxygens (including phenoxy) is 1. The first-order valence-corrected chi connectivity index (χ1v) is 9.96. The minimum Gasteiger partial charge on any atom is -0.394 e. The first kappa shape index (κ1) is 28.4. The molecular formula is C20H32Cl2N2O2S. The van der Waals surface area contributed by atoms with Crippen molar-refractivity contribution in [2.45, 2.75) is 0 Å². The Bertz CT molecular complexity index is 496. The summed E-state index contributed by atoms with van der Waals surface area (Å²) in [6.45, 7) is 21.6. The summed E-state index contributed by atoms with van der Waals surface area (Å²) in [5.41, 5.74) is 2.34. The summed E-state index contributed by atoms with van der Waals surface area (Å²) < 4.78 is 8.05. The molecule has 1 rings (SSSR count). The molecule has 4 nitrogen and oxygen atoms in total. The lowest BCUT2D eigenvalue weighted by atomic mass is 10.0. The fraction of sp³-hybridized carbons (Fsp3) is 0.400. The Morgan fingerprint density at radius 2 is 2.04 bits per heavy atom. The van der Waals surface area contributed by atoms with Crippen LogP contribution in [0.25, 0.3) is 0 Å². The molecule has 0 saturated carbocycles. The maximum Gasteiger partial charge on any atom is 0.0698 e. The van der Waals surface area contributed by atoms with Crippen LogP contribution in [0.1, 0.15) is 0 Å². The van der Waals surface area contributed by atoms with Gasteiger partial charge in [0.25, 0.3) is 0 Å². The van der Waals surface area contributed by atoms with Crippen LogP contribution in [-0.4, -0.2) is 56.5 Å². The van der Waals surface area contributed by atoms with Crippen LogP contribution in [0.15, 0.2) is 72.2 Å². The van der Waals surface area contributed by atoms with Crippen molar-refractivity contribution in [2.24, 2.45) is 5.92 Å². The fourth-order valence-electron chi connectivity index (χ4n) is 1.86. The van der Waals surface area contributed by atoms with Crippen molar-refractivity contribution in [3.63, 3.8) is 0 Å². The highest BCUT2D eigenvalue weighted by Gasteiger charge is 2.15. The van der Waals surface area contributed by atoms with Crippen molar-refractivity contribution in [1.82, 2.24) is 9.62 Å². The molecule has 1 aliphatic rings. The van der Waals surface area contributed by atoms with E-state index >= 15 is 0 Å². The number of nitrogens with zero attached hydrogens (tertiary/aromatic N) is 1. The van der Waals surface area contributed by atoms with E-state index in [1.165, 1.54) is 17.5 Å². The van der Waals surface area contributed by atoms with Crippen molar-refractivity contribution in [3.05, 3.63) is 72.2 Å². The van der Waals surface area contributed by atoms with Crippen molar-refractivity contribution < 1.29 is 9.84 Å². The van der Waals surface area contributed by atoms with Crippen LogP contribution >= 0.6 is 35.1 Å². The van der Waals surface area contributed by atoms with Crippen LogP contribution in [0.5, 0.6) is 0 Å². The van der Waals surface area contributed by atoms with Crippen LogP contribution in [0.2, 0.25) is 0 Å². The van der Waals surface area contributed by atoms with Gasteiger partial charge in [-0.3, -0.25) is 4.72 Å². The minimum absolute atomic E-state index is 0.0759. The van der Waals surface area contributed by atoms with Crippen molar-refractivity contribution in [1.29, 1.82) is 0 Å². The molecule has 0 aliphatic carbocycles. The van der Waals surface area contributed by atoms with E-state index < -0.39 is 0 Å². The number of allylic oxidation sites excluding steroid dienone is 1. The summed E-state index contributed by atoms with van der Waals surface area (Å²) >= 11 is 12.0. The smallest absolute Gasteiger partial charge is 0.0698 e. The Hall–Kier alpha value is -0.790. The molecule has 2 N–H and O–H groups in total. The van der Waals surface area contributed by atoms with Gasteiger partial charge >= 0.3 is 0 Å². The van der Waals surface area contributed by atoms with Crippen LogP contribution in [-0.2, 0) is 4.74 Å². The lowest BCUT2D eigenvalue weighted by molar-refractivity contribution is 0.0964. The molecule has 1 aliphatic heterocycles. The number of halogens is 2. The number of aliphatic hydroxyl groups excluding tert-OH is 1. The van der Waals surface area contributed by atoms with Gasteiger partial charge in [-0.2, -0.15) is 0 Å². The Morgan fingerprint density at radius 1 is 1.41 bits per heavy atom. The van der Waals surface area contributed by atoms with E-state index in [2.05, 4.69) is 55.6 Å². The summed E-state index contributed by atoms with van der Waals surface area (Å²) in [6.07, 6.45) is 5.77. The molecule has 1 atom stereocenters. The molecular weight excluding hydrogens is 403 g/mol. The second-order valence-corrected chi connectivity index (χ2v) is 7.13. The highest BCUT2D eigenvalue weighted by atomic mass is 35.5. The molecule has 0 aromatic rings. The lowest BCUT2D eigenvalue weighted by Gasteiger charge is -2.27. The standard InChI is InChI=1S/C10H14ClN.C8H15NO2S.C2H3Cl/c1-4-9-5-10(8(2)11)7-12(3)6-9;1-3-8(2)12-9-4-6-11-7-5-10;1-2-3/h4-5,9H,1-2,6-7H2,3H3;3,9-10H,1-2,4-7H2;2H,1H2. The zero-order valence-electron chi connectivity index (χ0n) is 16.1. The van der Waals surface area contributed by atoms with Crippen LogP contribution in [0.3, 0.4) is 0 Å². The van der Waals surface area contributed by atoms with Gasteiger partial charge in [0, 0.05) is 35.5 Å². The number of rotatable bonds is 10. The first-order valence-electron chi connectivity index (χ1n) is 8.33. The summed E-state index contributed by atoms with van der Waals surface area (Å²) in [4.78, 5) is 3.10. The van der Waals surface area contributed by atoms with E-state index in [0.29, 0.717) is 24.2 Å². The van der Waals surface area contributed by atoms with E-state index in [4.69, 9.17) is 33.0 Å². The average molecular weight is 435 g/mol. The SMILES string of the molecule is C=CC(=C)SNCCOCCO.C=CC1C=C(C(=C)Cl)CN(C)C1.C=CCl. The van der Waals surface area contributed by atoms with Gasteiger partial charge in [0.15, 0.2) is 0 Å². The van der Waals surface area contributed by atoms with Crippen molar-refractivity contribution in [3.8, 4) is 0 Å². The number of likely N-dealkylation sites (N-methyl/N-ethyl adjacent to an activating group) is 1. The zero-order chi connectivity index (χ0) is 21.1. The Labute approximate surface area is 179 Å². The molecule has 154 valence electrons. The Kier molecular flexibility index (Phi) is 21.0. The minimum atomic E-state index is 0.0759. The monoisotopic (exact) mass is 434 g/mol. The van der Waals surface area contributed by atoms with Gasteiger partial charge in [-0.15, -0.1) is 6.58 Å². The van der Waals surface area contributed by atoms with E-state index in [1.807, 2.05) is 6.08 Å². The number of nitrogens with one attached hydrogen (secondary N) is 1. The van der Waals surface area contributed by atoms with Gasteiger partial charge < -0.3 is 14.7 Å². The van der Waals surface area contributed by atoms with E-state index in [-0.39, 0.29) is 6.61 Å². The number of hydrogen-bond acceptors (Lipinski definition) is 5. The van der Waals surface area contributed by atoms with Crippen molar-refractivity contribution in [2.75, 3.05) is 46.5 Å². The van der Waals surface area contributed by atoms with E-state index in [9.17, 15) is 0 Å². The quantitative estimate of drug-likeness (QED) is 0.225. The third-order valence-corrected chi connectivity index (χ3v) is 4.06. The molecule has 1 unspecified atom stereocenters. The Morgan fingerprint density at radius 3 is 2.52 bits per heavy atom. The summed E-state index contributed by atoms with van der Waals surface area (Å²) in [7, 11) is 2.07. The van der Waals surface area contributed by atoms with Gasteiger partial charge in [0.05, 0.1) is 19.8 Å². The second-order valence-electron chi connectivity index (χ2n) is 5.35. The van der Waals surface area contributed by atoms with Gasteiger partial charge in [-0.05, 0) is 30.1 Å². The van der Waals surface area contributed by atoms with Crippen LogP contribution < -0.4 is 4.72 Å². The largest absolute Gasteiger partial charge is 0.394 e. The summed E-state index contributed by atoms with van der Waals surface area (Å²) in [5.74, 6) is 0.411. The molecule has 7 heteroatoms. The zero-order valence-corrected chi connectivity index (χ0v) is 18.5. The molecule has 0 spiro atoms. The molecule has 27 heavy (non-hydrogen) atoms. The van der Waals surface area contributed by atoms with Gasteiger partial charge in [-0.25, -0.2) is 0 Å². The highest BCUT2D eigenvalue weighted by Crippen LogP contribution is 2.21. The molecule has 0 aromatic carbocycles. The van der Waals surface area contributed by atoms with Crippen LogP contribution in [0.4, 0.5) is 0 Å². The molecule has 0 radical (unpaired) electrons. The normalized spacial score (nSPS) is 15.9. The predicted molar refractivity (Wildman–Crippen MR) is 123 cm³/mol. The molecule has 0 bridgehead atoms. The highest BCUT2D eigenvalue weighted by molar-refractivity contribution is 8.01. The van der Waals surface area contributed by atoms with Crippen LogP contribution in [0, 0.1) is 5.92 Å². The predicted octanol–water partition coefficient (Wildman–Crippen LogP) is 4.71. The first-order chi connectivity index (χ1) is 12.9. The molecule has 0 amide bonds. The molecule has 1 heterocycles. The Balaban J connectivity index is 0. The summed E-state index contributed by atoms with van der Waals surface area (Å²) in [6, 6.07) is 0. The number of aliphatic hydroxyl groups is 1. The molecule has 0 aromatic heterocycles. The number of hydrogen-bond donors (Lipinski definition) is 2. The fourth-order valence-corrected chi connectivity index (χ4v) is 2.44. The van der Waals surface area contributed by atoms with Gasteiger partial charge in [0.2, 0.25) is 0 Å². The second kappa shape index (κ2) is 20.0. The average Bonchev–Trinajstić information content (AvgIpc) is 2.64. The molecule has 0 fully saturated rings. The van der Waals surface area contributed by atoms with Gasteiger partial charge in [-0.1, -0.05) is 67.7 Å². The third-order valence-electron chi connectivity index (χ3n) is 3.04.